The fourth-order valence-electron chi connectivity index (χ4n) is 5.59. The number of fused-ring (bicyclic) bond motifs is 2. The van der Waals surface area contributed by atoms with E-state index in [1.807, 2.05) is 42.5 Å². The van der Waals surface area contributed by atoms with Gasteiger partial charge in [-0.3, -0.25) is 9.78 Å². The predicted octanol–water partition coefficient (Wildman–Crippen LogP) is 7.02. The first kappa shape index (κ1) is 27.2. The lowest BCUT2D eigenvalue weighted by Crippen LogP contribution is -2.24. The van der Waals surface area contributed by atoms with Gasteiger partial charge in [-0.05, 0) is 47.2 Å². The van der Waals surface area contributed by atoms with Crippen LogP contribution in [-0.2, 0) is 25.6 Å². The molecular weight excluding hydrogens is 555 g/mol. The minimum atomic E-state index is -4.77. The fraction of sp³-hybridized carbons (Fsp3) is 0.258. The first-order valence-corrected chi connectivity index (χ1v) is 13.5. The highest BCUT2D eigenvalue weighted by Gasteiger charge is 2.38. The summed E-state index contributed by atoms with van der Waals surface area (Å²) in [5.41, 5.74) is 5.83. The molecule has 3 heterocycles. The molecule has 0 spiro atoms. The summed E-state index contributed by atoms with van der Waals surface area (Å²) >= 11 is 7.00. The molecule has 6 nitrogen and oxygen atoms in total. The van der Waals surface area contributed by atoms with Gasteiger partial charge in [0, 0.05) is 36.3 Å². The SMILES string of the molecule is COc1nc(OC2CCc3c(-c4cccc(-c5ccc6c(n5)CCNC6)c4Cl)cccc32)c(C(F)(F)F)cc1C=O. The molecule has 4 aromatic rings. The number of ether oxygens (including phenoxy) is 2. The zero-order valence-electron chi connectivity index (χ0n) is 22.0. The molecule has 1 atom stereocenters. The van der Waals surface area contributed by atoms with Gasteiger partial charge in [0.05, 0.1) is 23.4 Å². The maximum atomic E-state index is 13.9. The molecule has 210 valence electrons. The summed E-state index contributed by atoms with van der Waals surface area (Å²) in [7, 11) is 1.23. The number of hydrogen-bond donors (Lipinski definition) is 1. The van der Waals surface area contributed by atoms with Crippen LogP contribution in [0.15, 0.2) is 54.6 Å². The molecule has 1 unspecified atom stereocenters. The van der Waals surface area contributed by atoms with Crippen molar-refractivity contribution in [3.8, 4) is 34.1 Å². The van der Waals surface area contributed by atoms with E-state index in [4.69, 9.17) is 26.1 Å². The number of rotatable bonds is 6. The number of carbonyl (C=O) groups is 1. The number of benzene rings is 2. The van der Waals surface area contributed by atoms with Gasteiger partial charge < -0.3 is 14.8 Å². The van der Waals surface area contributed by atoms with Crippen LogP contribution in [0.3, 0.4) is 0 Å². The molecule has 2 aromatic heterocycles. The maximum absolute atomic E-state index is 13.9. The van der Waals surface area contributed by atoms with Crippen LogP contribution in [-0.4, -0.2) is 29.9 Å². The van der Waals surface area contributed by atoms with Crippen LogP contribution >= 0.6 is 11.6 Å². The van der Waals surface area contributed by atoms with Crippen molar-refractivity contribution in [1.82, 2.24) is 15.3 Å². The van der Waals surface area contributed by atoms with Crippen LogP contribution in [0.1, 0.15) is 50.8 Å². The fourth-order valence-corrected chi connectivity index (χ4v) is 5.91. The highest BCUT2D eigenvalue weighted by molar-refractivity contribution is 6.36. The highest BCUT2D eigenvalue weighted by atomic mass is 35.5. The topological polar surface area (TPSA) is 73.3 Å². The molecule has 1 aliphatic carbocycles. The molecule has 0 bridgehead atoms. The molecule has 10 heteroatoms. The third kappa shape index (κ3) is 5.04. The van der Waals surface area contributed by atoms with Gasteiger partial charge in [-0.15, -0.1) is 0 Å². The van der Waals surface area contributed by atoms with E-state index < -0.39 is 23.7 Å². The quantitative estimate of drug-likeness (QED) is 0.248. The number of nitrogens with zero attached hydrogens (tertiary/aromatic N) is 2. The summed E-state index contributed by atoms with van der Waals surface area (Å²) in [6, 6.07) is 16.2. The number of carbonyl (C=O) groups excluding carboxylic acids is 1. The lowest BCUT2D eigenvalue weighted by Gasteiger charge is -2.20. The number of nitrogens with one attached hydrogen (secondary N) is 1. The van der Waals surface area contributed by atoms with Gasteiger partial charge in [0.15, 0.2) is 6.29 Å². The highest BCUT2D eigenvalue weighted by Crippen LogP contribution is 2.45. The second kappa shape index (κ2) is 10.8. The summed E-state index contributed by atoms with van der Waals surface area (Å²) in [5.74, 6) is -0.859. The average molecular weight is 580 g/mol. The van der Waals surface area contributed by atoms with Crippen LogP contribution in [0, 0.1) is 0 Å². The van der Waals surface area contributed by atoms with Gasteiger partial charge in [0.1, 0.15) is 11.7 Å². The zero-order valence-corrected chi connectivity index (χ0v) is 22.8. The normalized spacial score (nSPS) is 16.2. The number of alkyl halides is 3. The Morgan fingerprint density at radius 3 is 2.56 bits per heavy atom. The van der Waals surface area contributed by atoms with E-state index >= 15 is 0 Å². The summed E-state index contributed by atoms with van der Waals surface area (Å²) in [4.78, 5) is 20.1. The Morgan fingerprint density at radius 2 is 1.78 bits per heavy atom. The van der Waals surface area contributed by atoms with Crippen molar-refractivity contribution < 1.29 is 27.4 Å². The zero-order chi connectivity index (χ0) is 28.7. The number of halogens is 4. The monoisotopic (exact) mass is 579 g/mol. The van der Waals surface area contributed by atoms with Crippen molar-refractivity contribution in [3.63, 3.8) is 0 Å². The molecule has 1 N–H and O–H groups in total. The van der Waals surface area contributed by atoms with Crippen molar-refractivity contribution in [2.45, 2.75) is 38.1 Å². The van der Waals surface area contributed by atoms with E-state index in [1.165, 1.54) is 12.7 Å². The van der Waals surface area contributed by atoms with E-state index in [9.17, 15) is 18.0 Å². The third-order valence-corrected chi connectivity index (χ3v) is 7.97. The van der Waals surface area contributed by atoms with Crippen molar-refractivity contribution in [2.75, 3.05) is 13.7 Å². The van der Waals surface area contributed by atoms with Crippen LogP contribution in [0.25, 0.3) is 22.4 Å². The van der Waals surface area contributed by atoms with Gasteiger partial charge in [-0.2, -0.15) is 18.2 Å². The molecule has 0 saturated heterocycles. The van der Waals surface area contributed by atoms with Crippen molar-refractivity contribution in [3.05, 3.63) is 93.1 Å². The number of hydrogen-bond acceptors (Lipinski definition) is 6. The Bertz CT molecular complexity index is 1660. The first-order chi connectivity index (χ1) is 19.8. The van der Waals surface area contributed by atoms with Gasteiger partial charge in [0.2, 0.25) is 11.8 Å². The molecule has 2 aliphatic rings. The van der Waals surface area contributed by atoms with E-state index in [1.54, 1.807) is 0 Å². The van der Waals surface area contributed by atoms with E-state index in [-0.39, 0.29) is 17.7 Å². The Morgan fingerprint density at radius 1 is 1.00 bits per heavy atom. The van der Waals surface area contributed by atoms with Gasteiger partial charge >= 0.3 is 6.18 Å². The minimum Gasteiger partial charge on any atom is -0.480 e. The van der Waals surface area contributed by atoms with Crippen LogP contribution in [0.5, 0.6) is 11.8 Å². The number of pyridine rings is 2. The number of methoxy groups -OCH3 is 1. The number of aromatic nitrogens is 2. The lowest BCUT2D eigenvalue weighted by molar-refractivity contribution is -0.139. The van der Waals surface area contributed by atoms with Crippen molar-refractivity contribution >= 4 is 17.9 Å². The first-order valence-electron chi connectivity index (χ1n) is 13.2. The minimum absolute atomic E-state index is 0.231. The molecule has 0 radical (unpaired) electrons. The largest absolute Gasteiger partial charge is 0.480 e. The van der Waals surface area contributed by atoms with Gasteiger partial charge in [-0.1, -0.05) is 54.1 Å². The molecule has 1 aliphatic heterocycles. The third-order valence-electron chi connectivity index (χ3n) is 7.56. The van der Waals surface area contributed by atoms with Crippen LogP contribution in [0.4, 0.5) is 13.2 Å². The van der Waals surface area contributed by atoms with Gasteiger partial charge in [-0.25, -0.2) is 0 Å². The Kier molecular flexibility index (Phi) is 7.17. The lowest BCUT2D eigenvalue weighted by atomic mass is 9.94. The molecular formula is C31H25ClF3N3O3. The van der Waals surface area contributed by atoms with E-state index in [0.717, 1.165) is 58.7 Å². The summed E-state index contributed by atoms with van der Waals surface area (Å²) in [5, 5.41) is 3.91. The van der Waals surface area contributed by atoms with E-state index in [2.05, 4.69) is 16.4 Å². The second-order valence-corrected chi connectivity index (χ2v) is 10.3. The molecule has 0 saturated carbocycles. The van der Waals surface area contributed by atoms with Crippen LogP contribution in [0.2, 0.25) is 5.02 Å². The van der Waals surface area contributed by atoms with Gasteiger partial charge in [0.25, 0.3) is 0 Å². The number of aldehydes is 1. The molecule has 2 aromatic carbocycles. The van der Waals surface area contributed by atoms with Crippen LogP contribution < -0.4 is 14.8 Å². The Balaban J connectivity index is 1.36. The standard InChI is InChI=1S/C31H25ClF3N3O3/c1-40-29-18(16-39)14-24(31(33,34)35)30(38-29)41-27-11-9-20-19(4-2-5-21(20)27)22-6-3-7-23(28(22)32)26-10-8-17-15-36-13-12-25(17)37-26/h2-8,10,14,16,27,36H,9,11-13,15H2,1H3. The summed E-state index contributed by atoms with van der Waals surface area (Å²) < 4.78 is 52.5. The second-order valence-electron chi connectivity index (χ2n) is 9.97. The smallest absolute Gasteiger partial charge is 0.421 e. The average Bonchev–Trinajstić information content (AvgIpc) is 3.39. The Hall–Kier alpha value is -3.95. The summed E-state index contributed by atoms with van der Waals surface area (Å²) in [6.45, 7) is 1.67. The van der Waals surface area contributed by atoms with Crippen molar-refractivity contribution in [2.24, 2.45) is 0 Å². The molecule has 0 amide bonds. The maximum Gasteiger partial charge on any atom is 0.421 e. The van der Waals surface area contributed by atoms with Crippen molar-refractivity contribution in [1.29, 1.82) is 0 Å². The molecule has 6 rings (SSSR count). The van der Waals surface area contributed by atoms with E-state index in [0.29, 0.717) is 23.9 Å². The molecule has 0 fully saturated rings. The predicted molar refractivity (Wildman–Crippen MR) is 148 cm³/mol. The Labute approximate surface area is 239 Å². The summed E-state index contributed by atoms with van der Waals surface area (Å²) in [6.07, 6.45) is -3.31. The molecule has 41 heavy (non-hydrogen) atoms.